The molecule has 28 heavy (non-hydrogen) atoms. The summed E-state index contributed by atoms with van der Waals surface area (Å²) in [6.07, 6.45) is 0.979. The van der Waals surface area contributed by atoms with Crippen molar-refractivity contribution in [1.82, 2.24) is 14.8 Å². The molecule has 1 saturated heterocycles. The molecule has 1 fully saturated rings. The molecule has 2 heterocycles. The number of aromatic nitrogens is 1. The van der Waals surface area contributed by atoms with Gasteiger partial charge in [-0.15, -0.1) is 11.3 Å². The Morgan fingerprint density at radius 3 is 2.57 bits per heavy atom. The van der Waals surface area contributed by atoms with Gasteiger partial charge < -0.3 is 9.64 Å². The summed E-state index contributed by atoms with van der Waals surface area (Å²) in [6.45, 7) is 13.0. The first kappa shape index (κ1) is 20.8. The molecule has 3 rings (SSSR count). The number of amides is 1. The van der Waals surface area contributed by atoms with Crippen molar-refractivity contribution in [2.75, 3.05) is 32.8 Å². The molecule has 1 aliphatic heterocycles. The van der Waals surface area contributed by atoms with Gasteiger partial charge in [0, 0.05) is 43.5 Å². The third kappa shape index (κ3) is 5.79. The van der Waals surface area contributed by atoms with Crippen LogP contribution in [0.5, 0.6) is 5.75 Å². The molecule has 152 valence electrons. The monoisotopic (exact) mass is 401 g/mol. The fourth-order valence-corrected chi connectivity index (χ4v) is 4.10. The number of hydrogen-bond acceptors (Lipinski definition) is 5. The standard InChI is InChI=1S/C22H31N3O2S/c1-17-6-8-19(9-7-17)27-15-20(26)25-11-5-10-24(12-13-25)14-18-16-28-21(23-18)22(2,3)4/h6-9,16H,5,10-15H2,1-4H3. The van der Waals surface area contributed by atoms with Gasteiger partial charge in [-0.3, -0.25) is 9.69 Å². The van der Waals surface area contributed by atoms with Crippen molar-refractivity contribution in [2.24, 2.45) is 0 Å². The SMILES string of the molecule is Cc1ccc(OCC(=O)N2CCCN(Cc3csc(C(C)(C)C)n3)CC2)cc1. The normalized spacial score (nSPS) is 16.1. The van der Waals surface area contributed by atoms with Crippen LogP contribution in [0, 0.1) is 6.92 Å². The van der Waals surface area contributed by atoms with E-state index in [2.05, 4.69) is 31.1 Å². The van der Waals surface area contributed by atoms with Crippen LogP contribution in [0.15, 0.2) is 29.6 Å². The van der Waals surface area contributed by atoms with Crippen LogP contribution < -0.4 is 4.74 Å². The van der Waals surface area contributed by atoms with Crippen LogP contribution in [0.1, 0.15) is 43.5 Å². The number of benzene rings is 1. The third-order valence-corrected chi connectivity index (χ3v) is 6.22. The minimum atomic E-state index is 0.0612. The molecule has 6 heteroatoms. The minimum Gasteiger partial charge on any atom is -0.484 e. The van der Waals surface area contributed by atoms with E-state index >= 15 is 0 Å². The van der Waals surface area contributed by atoms with E-state index in [4.69, 9.17) is 9.72 Å². The second-order valence-electron chi connectivity index (χ2n) is 8.51. The van der Waals surface area contributed by atoms with Gasteiger partial charge in [-0.1, -0.05) is 38.5 Å². The van der Waals surface area contributed by atoms with Crippen LogP contribution in [0.2, 0.25) is 0 Å². The van der Waals surface area contributed by atoms with Crippen LogP contribution in [0.25, 0.3) is 0 Å². The number of aryl methyl sites for hydroxylation is 1. The first-order valence-corrected chi connectivity index (χ1v) is 10.8. The zero-order chi connectivity index (χ0) is 20.1. The van der Waals surface area contributed by atoms with Crippen LogP contribution in [-0.2, 0) is 16.8 Å². The first-order valence-electron chi connectivity index (χ1n) is 9.96. The smallest absolute Gasteiger partial charge is 0.260 e. The van der Waals surface area contributed by atoms with Crippen molar-refractivity contribution in [2.45, 2.75) is 46.1 Å². The number of carbonyl (C=O) groups excluding carboxylic acids is 1. The Kier molecular flexibility index (Phi) is 6.73. The van der Waals surface area contributed by atoms with Crippen molar-refractivity contribution < 1.29 is 9.53 Å². The quantitative estimate of drug-likeness (QED) is 0.763. The number of rotatable bonds is 5. The summed E-state index contributed by atoms with van der Waals surface area (Å²) in [5.74, 6) is 0.805. The lowest BCUT2D eigenvalue weighted by Gasteiger charge is -2.21. The zero-order valence-electron chi connectivity index (χ0n) is 17.4. The molecule has 1 aromatic heterocycles. The predicted octanol–water partition coefficient (Wildman–Crippen LogP) is 3.86. The fraction of sp³-hybridized carbons (Fsp3) is 0.545. The number of thiazole rings is 1. The molecule has 1 aromatic carbocycles. The summed E-state index contributed by atoms with van der Waals surface area (Å²) in [4.78, 5) is 21.7. The highest BCUT2D eigenvalue weighted by Crippen LogP contribution is 2.26. The molecule has 0 saturated carbocycles. The van der Waals surface area contributed by atoms with E-state index in [-0.39, 0.29) is 17.9 Å². The molecular formula is C22H31N3O2S. The highest BCUT2D eigenvalue weighted by Gasteiger charge is 2.22. The van der Waals surface area contributed by atoms with E-state index in [0.29, 0.717) is 0 Å². The zero-order valence-corrected chi connectivity index (χ0v) is 18.2. The van der Waals surface area contributed by atoms with E-state index < -0.39 is 0 Å². The number of nitrogens with zero attached hydrogens (tertiary/aromatic N) is 3. The highest BCUT2D eigenvalue weighted by molar-refractivity contribution is 7.09. The van der Waals surface area contributed by atoms with Gasteiger partial charge in [-0.05, 0) is 25.5 Å². The Morgan fingerprint density at radius 2 is 1.89 bits per heavy atom. The van der Waals surface area contributed by atoms with Crippen LogP contribution in [-0.4, -0.2) is 53.5 Å². The predicted molar refractivity (Wildman–Crippen MR) is 114 cm³/mol. The molecule has 0 unspecified atom stereocenters. The Morgan fingerprint density at radius 1 is 1.14 bits per heavy atom. The van der Waals surface area contributed by atoms with Gasteiger partial charge in [0.1, 0.15) is 5.75 Å². The fourth-order valence-electron chi connectivity index (χ4n) is 3.20. The van der Waals surface area contributed by atoms with Gasteiger partial charge in [0.25, 0.3) is 5.91 Å². The molecule has 1 aliphatic rings. The van der Waals surface area contributed by atoms with E-state index in [1.165, 1.54) is 10.6 Å². The maximum atomic E-state index is 12.5. The second-order valence-corrected chi connectivity index (χ2v) is 9.36. The van der Waals surface area contributed by atoms with Gasteiger partial charge in [-0.2, -0.15) is 0 Å². The lowest BCUT2D eigenvalue weighted by Crippen LogP contribution is -2.38. The summed E-state index contributed by atoms with van der Waals surface area (Å²) in [6, 6.07) is 7.80. The van der Waals surface area contributed by atoms with E-state index in [9.17, 15) is 4.79 Å². The van der Waals surface area contributed by atoms with Gasteiger partial charge in [-0.25, -0.2) is 4.98 Å². The maximum absolute atomic E-state index is 12.5. The van der Waals surface area contributed by atoms with Gasteiger partial charge in [0.05, 0.1) is 10.7 Å². The average Bonchev–Trinajstić information content (AvgIpc) is 3.00. The maximum Gasteiger partial charge on any atom is 0.260 e. The summed E-state index contributed by atoms with van der Waals surface area (Å²) >= 11 is 1.74. The molecule has 0 bridgehead atoms. The Labute approximate surface area is 172 Å². The molecule has 0 spiro atoms. The Bertz CT molecular complexity index is 780. The van der Waals surface area contributed by atoms with Crippen molar-refractivity contribution >= 4 is 17.2 Å². The molecule has 0 N–H and O–H groups in total. The van der Waals surface area contributed by atoms with E-state index in [0.717, 1.165) is 50.6 Å². The summed E-state index contributed by atoms with van der Waals surface area (Å²) < 4.78 is 5.66. The van der Waals surface area contributed by atoms with E-state index in [1.807, 2.05) is 36.1 Å². The van der Waals surface area contributed by atoms with Crippen LogP contribution in [0.3, 0.4) is 0 Å². The molecule has 0 radical (unpaired) electrons. The third-order valence-electron chi connectivity index (χ3n) is 4.90. The summed E-state index contributed by atoms with van der Waals surface area (Å²) in [7, 11) is 0. The largest absolute Gasteiger partial charge is 0.484 e. The highest BCUT2D eigenvalue weighted by atomic mass is 32.1. The first-order chi connectivity index (χ1) is 13.3. The van der Waals surface area contributed by atoms with Crippen molar-refractivity contribution in [3.8, 4) is 5.75 Å². The summed E-state index contributed by atoms with van der Waals surface area (Å²) in [5, 5.41) is 3.35. The van der Waals surface area contributed by atoms with Crippen molar-refractivity contribution in [3.05, 3.63) is 45.9 Å². The number of carbonyl (C=O) groups is 1. The molecular weight excluding hydrogens is 370 g/mol. The Balaban J connectivity index is 1.48. The van der Waals surface area contributed by atoms with Gasteiger partial charge in [0.2, 0.25) is 0 Å². The lowest BCUT2D eigenvalue weighted by molar-refractivity contribution is -0.133. The topological polar surface area (TPSA) is 45.7 Å². The Hall–Kier alpha value is -1.92. The molecule has 0 atom stereocenters. The van der Waals surface area contributed by atoms with Crippen LogP contribution >= 0.6 is 11.3 Å². The second kappa shape index (κ2) is 9.05. The van der Waals surface area contributed by atoms with Crippen molar-refractivity contribution in [1.29, 1.82) is 0 Å². The minimum absolute atomic E-state index is 0.0612. The van der Waals surface area contributed by atoms with E-state index in [1.54, 1.807) is 11.3 Å². The number of ether oxygens (including phenoxy) is 1. The lowest BCUT2D eigenvalue weighted by atomic mass is 9.98. The molecule has 1 amide bonds. The van der Waals surface area contributed by atoms with Crippen LogP contribution in [0.4, 0.5) is 0 Å². The number of hydrogen-bond donors (Lipinski definition) is 0. The molecule has 0 aliphatic carbocycles. The average molecular weight is 402 g/mol. The van der Waals surface area contributed by atoms with Gasteiger partial charge >= 0.3 is 0 Å². The summed E-state index contributed by atoms with van der Waals surface area (Å²) in [5.41, 5.74) is 2.42. The van der Waals surface area contributed by atoms with Crippen molar-refractivity contribution in [3.63, 3.8) is 0 Å². The molecule has 5 nitrogen and oxygen atoms in total. The van der Waals surface area contributed by atoms with Gasteiger partial charge in [0.15, 0.2) is 6.61 Å². The molecule has 2 aromatic rings.